The van der Waals surface area contributed by atoms with Gasteiger partial charge in [-0.3, -0.25) is 9.05 Å². The molecule has 0 aliphatic rings. The lowest BCUT2D eigenvalue weighted by Gasteiger charge is -2.24. The Morgan fingerprint density at radius 2 is 0.933 bits per heavy atom. The number of likely N-dealkylation sites (N-methyl/N-ethyl adjacent to an activating group) is 1. The van der Waals surface area contributed by atoms with Gasteiger partial charge in [-0.2, -0.15) is 0 Å². The highest BCUT2D eigenvalue weighted by atomic mass is 31.2. The molecule has 0 amide bonds. The summed E-state index contributed by atoms with van der Waals surface area (Å²) < 4.78 is 33.9. The van der Waals surface area contributed by atoms with Gasteiger partial charge in [-0.15, -0.1) is 0 Å². The number of ether oxygens (including phenoxy) is 2. The highest BCUT2D eigenvalue weighted by Gasteiger charge is 2.26. The fraction of sp³-hybridized carbons (Fsp3) is 0.680. The molecule has 9 nitrogen and oxygen atoms in total. The van der Waals surface area contributed by atoms with Gasteiger partial charge in [0, 0.05) is 12.2 Å². The standard InChI is InChI=1S/C50H86NO8P/c1-6-8-10-12-14-16-18-20-22-24-25-27-29-31-33-35-37-39-41-43-50(53)59-48(47-58-60(54,55)57-45-44-51(3,4)5)46-56-49(52)42-40-38-36-34-32-30-28-26-23-21-19-17-15-13-11-9-7-2/h22,24-25,27,29,31,33,35,37,39-43,48H,6-21,23,26,28,30,32,34,36,38,44-47H2,1-5H3/p+1/b24-22+,27-25-,31-29-,35-33-,39-37-,42-40?,43-41-. The Morgan fingerprint density at radius 1 is 0.517 bits per heavy atom. The zero-order chi connectivity index (χ0) is 44.3. The second-order valence-electron chi connectivity index (χ2n) is 16.7. The van der Waals surface area contributed by atoms with E-state index in [-0.39, 0.29) is 13.2 Å². The Morgan fingerprint density at radius 3 is 1.40 bits per heavy atom. The Labute approximate surface area is 367 Å². The zero-order valence-corrected chi connectivity index (χ0v) is 39.6. The molecular weight excluding hydrogens is 774 g/mol. The van der Waals surface area contributed by atoms with E-state index in [1.54, 1.807) is 18.2 Å². The van der Waals surface area contributed by atoms with E-state index < -0.39 is 32.5 Å². The number of quaternary nitrogens is 1. The van der Waals surface area contributed by atoms with E-state index >= 15 is 0 Å². The molecule has 1 N–H and O–H groups in total. The van der Waals surface area contributed by atoms with Crippen molar-refractivity contribution in [2.24, 2.45) is 0 Å². The van der Waals surface area contributed by atoms with Crippen LogP contribution in [0.4, 0.5) is 0 Å². The third-order valence-corrected chi connectivity index (χ3v) is 10.7. The van der Waals surface area contributed by atoms with E-state index in [9.17, 15) is 19.0 Å². The molecule has 0 heterocycles. The number of nitrogens with zero attached hydrogens (tertiary/aromatic N) is 1. The van der Waals surface area contributed by atoms with Crippen molar-refractivity contribution in [3.8, 4) is 0 Å². The van der Waals surface area contributed by atoms with E-state index in [4.69, 9.17) is 18.5 Å². The van der Waals surface area contributed by atoms with Crippen molar-refractivity contribution in [3.05, 3.63) is 85.1 Å². The average molecular weight is 861 g/mol. The van der Waals surface area contributed by atoms with Gasteiger partial charge in [0.25, 0.3) is 0 Å². The molecule has 0 spiro atoms. The summed E-state index contributed by atoms with van der Waals surface area (Å²) in [5.41, 5.74) is 0. The van der Waals surface area contributed by atoms with Crippen molar-refractivity contribution in [1.29, 1.82) is 0 Å². The Kier molecular flexibility index (Phi) is 39.6. The molecule has 0 saturated carbocycles. The number of allylic oxidation sites excluding steroid dienone is 12. The van der Waals surface area contributed by atoms with Crippen LogP contribution >= 0.6 is 7.82 Å². The first kappa shape index (κ1) is 57.2. The molecule has 2 unspecified atom stereocenters. The van der Waals surface area contributed by atoms with Crippen LogP contribution in [0.1, 0.15) is 168 Å². The van der Waals surface area contributed by atoms with Gasteiger partial charge in [0.1, 0.15) is 19.8 Å². The van der Waals surface area contributed by atoms with Gasteiger partial charge in [0.2, 0.25) is 0 Å². The molecule has 0 aromatic rings. The quantitative estimate of drug-likeness (QED) is 0.0162. The second kappa shape index (κ2) is 41.5. The molecule has 2 atom stereocenters. The summed E-state index contributed by atoms with van der Waals surface area (Å²) in [6.07, 6.45) is 54.7. The lowest BCUT2D eigenvalue weighted by Crippen LogP contribution is -2.37. The maximum absolute atomic E-state index is 12.6. The van der Waals surface area contributed by atoms with Gasteiger partial charge >= 0.3 is 19.8 Å². The number of phosphoric ester groups is 1. The molecule has 0 fully saturated rings. The minimum absolute atomic E-state index is 0.00632. The number of hydrogen-bond donors (Lipinski definition) is 1. The van der Waals surface area contributed by atoms with Gasteiger partial charge in [0.05, 0.1) is 27.7 Å². The largest absolute Gasteiger partial charge is 0.472 e. The van der Waals surface area contributed by atoms with Gasteiger partial charge in [-0.25, -0.2) is 14.2 Å². The predicted octanol–water partition coefficient (Wildman–Crippen LogP) is 13.6. The molecule has 0 saturated heterocycles. The SMILES string of the molecule is CCCCCCCCC/C=C/C=C\C=C/C=C\C=C/C=C\C(=O)OC(COC(=O)C=CCCCCCCCCCCCCCCCCC)COP(=O)(O)OCC[N+](C)(C)C. The van der Waals surface area contributed by atoms with E-state index in [1.807, 2.05) is 57.6 Å². The fourth-order valence-electron chi connectivity index (χ4n) is 6.04. The molecule has 0 aliphatic heterocycles. The van der Waals surface area contributed by atoms with E-state index in [0.29, 0.717) is 11.0 Å². The van der Waals surface area contributed by atoms with Crippen molar-refractivity contribution in [3.63, 3.8) is 0 Å². The van der Waals surface area contributed by atoms with E-state index in [0.717, 1.165) is 25.7 Å². The molecule has 0 aromatic heterocycles. The van der Waals surface area contributed by atoms with Crippen LogP contribution in [0, 0.1) is 0 Å². The summed E-state index contributed by atoms with van der Waals surface area (Å²) >= 11 is 0. The number of hydrogen-bond acceptors (Lipinski definition) is 7. The molecule has 0 bridgehead atoms. The number of unbranched alkanes of at least 4 members (excludes halogenated alkanes) is 22. The molecular formula is C50H87NO8P+. The van der Waals surface area contributed by atoms with Gasteiger partial charge in [-0.1, -0.05) is 215 Å². The van der Waals surface area contributed by atoms with Crippen LogP contribution < -0.4 is 0 Å². The van der Waals surface area contributed by atoms with Gasteiger partial charge in [0.15, 0.2) is 6.10 Å². The number of carbonyl (C=O) groups excluding carboxylic acids is 2. The summed E-state index contributed by atoms with van der Waals surface area (Å²) in [7, 11) is 1.35. The van der Waals surface area contributed by atoms with Crippen molar-refractivity contribution in [1.82, 2.24) is 0 Å². The third kappa shape index (κ3) is 44.7. The fourth-order valence-corrected chi connectivity index (χ4v) is 6.78. The van der Waals surface area contributed by atoms with Crippen LogP contribution in [-0.4, -0.2) is 74.9 Å². The normalized spacial score (nSPS) is 14.3. The van der Waals surface area contributed by atoms with Crippen molar-refractivity contribution in [2.45, 2.75) is 174 Å². The zero-order valence-electron chi connectivity index (χ0n) is 38.7. The van der Waals surface area contributed by atoms with Crippen LogP contribution in [0.2, 0.25) is 0 Å². The molecule has 344 valence electrons. The molecule has 0 aromatic carbocycles. The first-order valence-corrected chi connectivity index (χ1v) is 24.9. The van der Waals surface area contributed by atoms with Crippen LogP contribution in [0.15, 0.2) is 85.1 Å². The summed E-state index contributed by atoms with van der Waals surface area (Å²) in [5.74, 6) is -1.31. The number of carbonyl (C=O) groups is 2. The van der Waals surface area contributed by atoms with Crippen LogP contribution in [-0.2, 0) is 32.7 Å². The van der Waals surface area contributed by atoms with Crippen molar-refractivity contribution >= 4 is 19.8 Å². The van der Waals surface area contributed by atoms with Crippen LogP contribution in [0.5, 0.6) is 0 Å². The minimum Gasteiger partial charge on any atom is -0.458 e. The van der Waals surface area contributed by atoms with E-state index in [1.165, 1.54) is 147 Å². The Bertz CT molecular complexity index is 1290. The molecule has 0 rings (SSSR count). The van der Waals surface area contributed by atoms with Crippen LogP contribution in [0.25, 0.3) is 0 Å². The summed E-state index contributed by atoms with van der Waals surface area (Å²) in [6, 6.07) is 0. The highest BCUT2D eigenvalue weighted by Crippen LogP contribution is 2.43. The van der Waals surface area contributed by atoms with Gasteiger partial charge in [-0.05, 0) is 25.7 Å². The summed E-state index contributed by atoms with van der Waals surface area (Å²) in [4.78, 5) is 35.2. The topological polar surface area (TPSA) is 108 Å². The first-order chi connectivity index (χ1) is 29.0. The average Bonchev–Trinajstić information content (AvgIpc) is 3.20. The minimum atomic E-state index is -4.43. The lowest BCUT2D eigenvalue weighted by atomic mass is 10.0. The lowest BCUT2D eigenvalue weighted by molar-refractivity contribution is -0.870. The Balaban J connectivity index is 4.62. The van der Waals surface area contributed by atoms with Gasteiger partial charge < -0.3 is 18.9 Å². The maximum atomic E-state index is 12.6. The van der Waals surface area contributed by atoms with Crippen LogP contribution in [0.3, 0.4) is 0 Å². The Hall–Kier alpha value is -2.81. The van der Waals surface area contributed by atoms with Crippen molar-refractivity contribution in [2.75, 3.05) is 47.5 Å². The number of rotatable bonds is 41. The first-order valence-electron chi connectivity index (χ1n) is 23.4. The predicted molar refractivity (Wildman–Crippen MR) is 252 cm³/mol. The smallest absolute Gasteiger partial charge is 0.458 e. The van der Waals surface area contributed by atoms with Crippen molar-refractivity contribution < 1.29 is 42.1 Å². The molecule has 0 radical (unpaired) electrons. The summed E-state index contributed by atoms with van der Waals surface area (Å²) in [5, 5.41) is 0. The molecule has 60 heavy (non-hydrogen) atoms. The second-order valence-corrected chi connectivity index (χ2v) is 18.1. The number of phosphoric acid groups is 1. The third-order valence-electron chi connectivity index (χ3n) is 9.71. The van der Waals surface area contributed by atoms with E-state index in [2.05, 4.69) is 26.0 Å². The summed E-state index contributed by atoms with van der Waals surface area (Å²) in [6.45, 7) is 4.13. The monoisotopic (exact) mass is 861 g/mol. The molecule has 0 aliphatic carbocycles. The maximum Gasteiger partial charge on any atom is 0.472 e. The highest BCUT2D eigenvalue weighted by molar-refractivity contribution is 7.47. The number of esters is 2. The molecule has 10 heteroatoms.